The fourth-order valence-corrected chi connectivity index (χ4v) is 6.06. The van der Waals surface area contributed by atoms with Gasteiger partial charge >= 0.3 is 6.03 Å². The van der Waals surface area contributed by atoms with Gasteiger partial charge in [-0.05, 0) is 36.2 Å². The molecule has 0 saturated carbocycles. The number of fused-ring (bicyclic) bond motifs is 2. The van der Waals surface area contributed by atoms with Crippen LogP contribution in [-0.4, -0.2) is 29.1 Å². The quantitative estimate of drug-likeness (QED) is 0.608. The number of carbonyl (C=O) groups is 2. The molecule has 0 bridgehead atoms. The summed E-state index contributed by atoms with van der Waals surface area (Å²) in [6.07, 6.45) is 0. The first kappa shape index (κ1) is 21.5. The first-order chi connectivity index (χ1) is 16.0. The maximum Gasteiger partial charge on any atom is 0.319 e. The molecule has 0 aliphatic carbocycles. The number of amides is 3. The smallest absolute Gasteiger partial charge is 0.319 e. The van der Waals surface area contributed by atoms with Gasteiger partial charge in [0.05, 0.1) is 12.2 Å². The van der Waals surface area contributed by atoms with Crippen LogP contribution in [0.4, 0.5) is 14.9 Å². The summed E-state index contributed by atoms with van der Waals surface area (Å²) in [5, 5.41) is 2.94. The van der Waals surface area contributed by atoms with E-state index in [1.54, 1.807) is 15.9 Å². The molecule has 7 heteroatoms. The highest BCUT2D eigenvalue weighted by Gasteiger charge is 2.59. The molecule has 3 amide bonds. The molecular weight excluding hydrogens is 437 g/mol. The Morgan fingerprint density at radius 1 is 1.06 bits per heavy atom. The van der Waals surface area contributed by atoms with E-state index in [9.17, 15) is 14.0 Å². The van der Waals surface area contributed by atoms with Gasteiger partial charge in [0.15, 0.2) is 4.87 Å². The predicted octanol–water partition coefficient (Wildman–Crippen LogP) is 4.79. The number of benzene rings is 3. The second kappa shape index (κ2) is 8.56. The zero-order chi connectivity index (χ0) is 23.0. The summed E-state index contributed by atoms with van der Waals surface area (Å²) in [5.41, 5.74) is 4.25. The Morgan fingerprint density at radius 2 is 1.85 bits per heavy atom. The SMILES string of the molecule is Cc1cccc(CN2C(=O)C3(SCCN3C(=O)NCc3ccccc3)c3cc(F)ccc32)c1. The van der Waals surface area contributed by atoms with Crippen molar-refractivity contribution in [1.29, 1.82) is 0 Å². The van der Waals surface area contributed by atoms with Crippen molar-refractivity contribution in [2.45, 2.75) is 24.9 Å². The number of thioether (sulfide) groups is 1. The predicted molar refractivity (Wildman–Crippen MR) is 128 cm³/mol. The normalized spacial score (nSPS) is 19.3. The molecule has 2 aliphatic rings. The molecule has 1 fully saturated rings. The second-order valence-electron chi connectivity index (χ2n) is 8.33. The van der Waals surface area contributed by atoms with Crippen LogP contribution in [0.25, 0.3) is 0 Å². The summed E-state index contributed by atoms with van der Waals surface area (Å²) in [5.74, 6) is -0.0314. The Morgan fingerprint density at radius 3 is 2.64 bits per heavy atom. The molecule has 33 heavy (non-hydrogen) atoms. The van der Waals surface area contributed by atoms with Gasteiger partial charge in [-0.2, -0.15) is 0 Å². The first-order valence-corrected chi connectivity index (χ1v) is 11.9. The van der Waals surface area contributed by atoms with Crippen molar-refractivity contribution in [2.24, 2.45) is 0 Å². The van der Waals surface area contributed by atoms with Gasteiger partial charge in [0.1, 0.15) is 5.82 Å². The summed E-state index contributed by atoms with van der Waals surface area (Å²) in [4.78, 5) is 29.2. The highest BCUT2D eigenvalue weighted by atomic mass is 32.2. The molecule has 5 rings (SSSR count). The van der Waals surface area contributed by atoms with Crippen LogP contribution in [0.1, 0.15) is 22.3 Å². The van der Waals surface area contributed by atoms with Gasteiger partial charge in [0.2, 0.25) is 0 Å². The molecule has 5 nitrogen and oxygen atoms in total. The molecule has 3 aromatic rings. The average Bonchev–Trinajstić information content (AvgIpc) is 3.35. The number of carbonyl (C=O) groups excluding carboxylic acids is 2. The van der Waals surface area contributed by atoms with E-state index >= 15 is 0 Å². The van der Waals surface area contributed by atoms with Crippen molar-refractivity contribution in [3.05, 3.63) is 101 Å². The Balaban J connectivity index is 1.48. The molecule has 1 N–H and O–H groups in total. The molecular formula is C26H24FN3O2S. The number of urea groups is 1. The lowest BCUT2D eigenvalue weighted by Crippen LogP contribution is -2.53. The third kappa shape index (κ3) is 3.76. The Labute approximate surface area is 196 Å². The number of anilines is 1. The van der Waals surface area contributed by atoms with Crippen LogP contribution in [0, 0.1) is 12.7 Å². The van der Waals surface area contributed by atoms with Crippen molar-refractivity contribution in [2.75, 3.05) is 17.2 Å². The zero-order valence-corrected chi connectivity index (χ0v) is 19.1. The van der Waals surface area contributed by atoms with Crippen molar-refractivity contribution < 1.29 is 14.0 Å². The van der Waals surface area contributed by atoms with Crippen LogP contribution in [-0.2, 0) is 22.8 Å². The van der Waals surface area contributed by atoms with Crippen molar-refractivity contribution in [3.63, 3.8) is 0 Å². The highest BCUT2D eigenvalue weighted by molar-refractivity contribution is 8.01. The summed E-state index contributed by atoms with van der Waals surface area (Å²) >= 11 is 1.39. The van der Waals surface area contributed by atoms with E-state index in [0.717, 1.165) is 16.7 Å². The van der Waals surface area contributed by atoms with E-state index in [0.29, 0.717) is 36.6 Å². The lowest BCUT2D eigenvalue weighted by Gasteiger charge is -2.33. The molecule has 0 radical (unpaired) electrons. The second-order valence-corrected chi connectivity index (χ2v) is 9.62. The molecule has 1 unspecified atom stereocenters. The van der Waals surface area contributed by atoms with E-state index in [-0.39, 0.29) is 11.9 Å². The maximum atomic E-state index is 14.4. The largest absolute Gasteiger partial charge is 0.334 e. The van der Waals surface area contributed by atoms with Crippen molar-refractivity contribution >= 4 is 29.4 Å². The minimum absolute atomic E-state index is 0.207. The summed E-state index contributed by atoms with van der Waals surface area (Å²) in [6, 6.07) is 21.7. The van der Waals surface area contributed by atoms with Gasteiger partial charge in [-0.25, -0.2) is 9.18 Å². The van der Waals surface area contributed by atoms with Crippen molar-refractivity contribution in [3.8, 4) is 0 Å². The van der Waals surface area contributed by atoms with Gasteiger partial charge in [-0.1, -0.05) is 60.2 Å². The molecule has 2 heterocycles. The number of hydrogen-bond donors (Lipinski definition) is 1. The average molecular weight is 462 g/mol. The van der Waals surface area contributed by atoms with Gasteiger partial charge < -0.3 is 10.2 Å². The van der Waals surface area contributed by atoms with Crippen LogP contribution in [0.2, 0.25) is 0 Å². The monoisotopic (exact) mass is 461 g/mol. The number of nitrogens with one attached hydrogen (secondary N) is 1. The Kier molecular flexibility index (Phi) is 5.58. The van der Waals surface area contributed by atoms with Gasteiger partial charge in [-0.3, -0.25) is 9.69 Å². The molecule has 1 saturated heterocycles. The molecule has 2 aliphatic heterocycles. The molecule has 3 aromatic carbocycles. The van der Waals surface area contributed by atoms with Gasteiger partial charge in [0, 0.05) is 24.4 Å². The first-order valence-electron chi connectivity index (χ1n) is 10.9. The lowest BCUT2D eigenvalue weighted by molar-refractivity contribution is -0.123. The summed E-state index contributed by atoms with van der Waals surface area (Å²) in [6.45, 7) is 3.13. The van der Waals surface area contributed by atoms with Gasteiger partial charge in [0.25, 0.3) is 5.91 Å². The fourth-order valence-electron chi connectivity index (χ4n) is 4.61. The van der Waals surface area contributed by atoms with E-state index in [1.165, 1.54) is 23.9 Å². The minimum Gasteiger partial charge on any atom is -0.334 e. The van der Waals surface area contributed by atoms with Crippen LogP contribution in [0.3, 0.4) is 0 Å². The van der Waals surface area contributed by atoms with Crippen LogP contribution < -0.4 is 10.2 Å². The van der Waals surface area contributed by atoms with E-state index in [2.05, 4.69) is 5.32 Å². The van der Waals surface area contributed by atoms with E-state index < -0.39 is 10.7 Å². The number of aryl methyl sites for hydroxylation is 1. The van der Waals surface area contributed by atoms with Crippen LogP contribution >= 0.6 is 11.8 Å². The molecule has 168 valence electrons. The number of hydrogen-bond acceptors (Lipinski definition) is 3. The van der Waals surface area contributed by atoms with E-state index in [4.69, 9.17) is 0 Å². The van der Waals surface area contributed by atoms with Crippen molar-refractivity contribution in [1.82, 2.24) is 10.2 Å². The third-order valence-electron chi connectivity index (χ3n) is 6.11. The fraction of sp³-hybridized carbons (Fsp3) is 0.231. The third-order valence-corrected chi connectivity index (χ3v) is 7.53. The summed E-state index contributed by atoms with van der Waals surface area (Å²) in [7, 11) is 0. The number of halogens is 1. The molecule has 1 spiro atoms. The maximum absolute atomic E-state index is 14.4. The summed E-state index contributed by atoms with van der Waals surface area (Å²) < 4.78 is 14.4. The standard InChI is InChI=1S/C26H24FN3O2S/c1-18-6-5-9-20(14-18)17-29-23-11-10-21(27)15-22(23)26(24(29)31)30(12-13-33-26)25(32)28-16-19-7-3-2-4-8-19/h2-11,14-15H,12-13,16-17H2,1H3,(H,28,32). The van der Waals surface area contributed by atoms with E-state index in [1.807, 2.05) is 61.5 Å². The number of nitrogens with zero attached hydrogens (tertiary/aromatic N) is 2. The van der Waals surface area contributed by atoms with Crippen LogP contribution in [0.5, 0.6) is 0 Å². The topological polar surface area (TPSA) is 52.7 Å². The Bertz CT molecular complexity index is 1220. The Hall–Kier alpha value is -3.32. The molecule has 0 aromatic heterocycles. The minimum atomic E-state index is -1.26. The molecule has 1 atom stereocenters. The highest BCUT2D eigenvalue weighted by Crippen LogP contribution is 2.54. The number of rotatable bonds is 4. The van der Waals surface area contributed by atoms with Crippen LogP contribution in [0.15, 0.2) is 72.8 Å². The van der Waals surface area contributed by atoms with Gasteiger partial charge in [-0.15, -0.1) is 11.8 Å². The lowest BCUT2D eigenvalue weighted by atomic mass is 10.1. The zero-order valence-electron chi connectivity index (χ0n) is 18.3.